The maximum absolute atomic E-state index is 13.4. The molecule has 0 saturated heterocycles. The Hall–Kier alpha value is -4.17. The zero-order valence-electron chi connectivity index (χ0n) is 21.5. The molecule has 0 aromatic heterocycles. The molecule has 8 heteroatoms. The third-order valence-corrected chi connectivity index (χ3v) is 7.36. The first-order valence-corrected chi connectivity index (χ1v) is 12.5. The maximum Gasteiger partial charge on any atom is 0.303 e. The summed E-state index contributed by atoms with van der Waals surface area (Å²) < 4.78 is 0. The Morgan fingerprint density at radius 2 is 1.45 bits per heavy atom. The number of phenolic OH excluding ortho intramolecular Hbond substituents is 1. The average Bonchev–Trinajstić information content (AvgIpc) is 3.15. The summed E-state index contributed by atoms with van der Waals surface area (Å²) in [5.41, 5.74) is 4.29. The summed E-state index contributed by atoms with van der Waals surface area (Å²) in [4.78, 5) is 38.4. The Morgan fingerprint density at radius 1 is 0.842 bits per heavy atom. The predicted octanol–water partition coefficient (Wildman–Crippen LogP) is 4.50. The number of rotatable bonds is 11. The van der Waals surface area contributed by atoms with E-state index in [9.17, 15) is 29.7 Å². The first kappa shape index (κ1) is 26.9. The van der Waals surface area contributed by atoms with Gasteiger partial charge >= 0.3 is 11.9 Å². The molecule has 4 rings (SSSR count). The molecule has 0 radical (unpaired) electrons. The number of aromatic hydroxyl groups is 1. The standard InChI is InChI=1S/C30H32N2O6/c1-32(2)26(17-19-7-10-21(33)11-8-19)29(38)31-20-9-12-23-22-5-3-4-6-24(22)30(25(23)18-20,15-13-27(34)35)16-14-28(36)37/h3-12,18,26,33H,13-17H2,1-2H3,(H,31,38)(H,34,35)(H,36,37). The SMILES string of the molecule is CN(C)C(Cc1ccc(O)cc1)C(=O)Nc1ccc2c(c1)C(CCC(=O)O)(CCC(=O)O)c1ccccc1-2. The number of phenols is 1. The number of anilines is 1. The number of aliphatic carboxylic acids is 2. The van der Waals surface area contributed by atoms with Gasteiger partial charge in [-0.25, -0.2) is 0 Å². The minimum Gasteiger partial charge on any atom is -0.508 e. The fraction of sp³-hybridized carbons (Fsp3) is 0.300. The van der Waals surface area contributed by atoms with Crippen LogP contribution >= 0.6 is 0 Å². The highest BCUT2D eigenvalue weighted by atomic mass is 16.4. The van der Waals surface area contributed by atoms with E-state index in [2.05, 4.69) is 5.32 Å². The summed E-state index contributed by atoms with van der Waals surface area (Å²) >= 11 is 0. The van der Waals surface area contributed by atoms with E-state index in [1.807, 2.05) is 61.5 Å². The second kappa shape index (κ2) is 11.1. The zero-order valence-corrected chi connectivity index (χ0v) is 21.5. The monoisotopic (exact) mass is 516 g/mol. The number of hydrogen-bond acceptors (Lipinski definition) is 5. The van der Waals surface area contributed by atoms with E-state index in [-0.39, 0.29) is 37.3 Å². The molecular formula is C30H32N2O6. The molecule has 198 valence electrons. The molecule has 1 aliphatic carbocycles. The van der Waals surface area contributed by atoms with Gasteiger partial charge in [-0.05, 0) is 85.4 Å². The van der Waals surface area contributed by atoms with Crippen LogP contribution in [-0.2, 0) is 26.2 Å². The van der Waals surface area contributed by atoms with E-state index in [1.54, 1.807) is 24.3 Å². The van der Waals surface area contributed by atoms with Gasteiger partial charge < -0.3 is 20.6 Å². The van der Waals surface area contributed by atoms with Gasteiger partial charge in [0.05, 0.1) is 6.04 Å². The topological polar surface area (TPSA) is 127 Å². The van der Waals surface area contributed by atoms with Crippen LogP contribution in [0.2, 0.25) is 0 Å². The molecule has 0 bridgehead atoms. The molecular weight excluding hydrogens is 484 g/mol. The molecule has 4 N–H and O–H groups in total. The third kappa shape index (κ3) is 5.55. The Morgan fingerprint density at radius 3 is 2.05 bits per heavy atom. The lowest BCUT2D eigenvalue weighted by atomic mass is 9.71. The van der Waals surface area contributed by atoms with Crippen LogP contribution < -0.4 is 5.32 Å². The summed E-state index contributed by atoms with van der Waals surface area (Å²) in [6.45, 7) is 0. The van der Waals surface area contributed by atoms with E-state index in [0.717, 1.165) is 27.8 Å². The zero-order chi connectivity index (χ0) is 27.4. The smallest absolute Gasteiger partial charge is 0.303 e. The van der Waals surface area contributed by atoms with Gasteiger partial charge in [0, 0.05) is 23.9 Å². The van der Waals surface area contributed by atoms with Crippen molar-refractivity contribution < 1.29 is 29.7 Å². The molecule has 1 atom stereocenters. The largest absolute Gasteiger partial charge is 0.508 e. The van der Waals surface area contributed by atoms with Crippen molar-refractivity contribution in [3.05, 3.63) is 83.4 Å². The fourth-order valence-corrected chi connectivity index (χ4v) is 5.43. The number of carboxylic acid groups (broad SMARTS) is 2. The van der Waals surface area contributed by atoms with Gasteiger partial charge in [0.15, 0.2) is 0 Å². The highest BCUT2D eigenvalue weighted by Gasteiger charge is 2.43. The van der Waals surface area contributed by atoms with Crippen molar-refractivity contribution >= 4 is 23.5 Å². The molecule has 8 nitrogen and oxygen atoms in total. The van der Waals surface area contributed by atoms with Crippen LogP contribution in [0.4, 0.5) is 5.69 Å². The fourth-order valence-electron chi connectivity index (χ4n) is 5.43. The van der Waals surface area contributed by atoms with Gasteiger partial charge in [-0.2, -0.15) is 0 Å². The predicted molar refractivity (Wildman–Crippen MR) is 144 cm³/mol. The van der Waals surface area contributed by atoms with E-state index >= 15 is 0 Å². The van der Waals surface area contributed by atoms with Gasteiger partial charge in [0.1, 0.15) is 5.75 Å². The van der Waals surface area contributed by atoms with Crippen molar-refractivity contribution in [3.63, 3.8) is 0 Å². The molecule has 0 heterocycles. The van der Waals surface area contributed by atoms with Gasteiger partial charge in [-0.3, -0.25) is 19.3 Å². The number of hydrogen-bond donors (Lipinski definition) is 4. The van der Waals surface area contributed by atoms with Crippen molar-refractivity contribution in [2.24, 2.45) is 0 Å². The molecule has 3 aromatic rings. The van der Waals surface area contributed by atoms with E-state index in [4.69, 9.17) is 0 Å². The number of nitrogens with one attached hydrogen (secondary N) is 1. The summed E-state index contributed by atoms with van der Waals surface area (Å²) in [7, 11) is 3.65. The molecule has 3 aromatic carbocycles. The van der Waals surface area contributed by atoms with Gasteiger partial charge in [0.2, 0.25) is 5.91 Å². The number of carbonyl (C=O) groups excluding carboxylic acids is 1. The van der Waals surface area contributed by atoms with Crippen LogP contribution in [0.1, 0.15) is 42.4 Å². The Labute approximate surface area is 221 Å². The van der Waals surface area contributed by atoms with Crippen molar-refractivity contribution in [1.82, 2.24) is 4.90 Å². The molecule has 0 spiro atoms. The van der Waals surface area contributed by atoms with Crippen molar-refractivity contribution in [3.8, 4) is 16.9 Å². The lowest BCUT2D eigenvalue weighted by molar-refractivity contribution is -0.137. The number of fused-ring (bicyclic) bond motifs is 3. The third-order valence-electron chi connectivity index (χ3n) is 7.36. The van der Waals surface area contributed by atoms with Gasteiger partial charge in [-0.15, -0.1) is 0 Å². The number of nitrogens with zero attached hydrogens (tertiary/aromatic N) is 1. The average molecular weight is 517 g/mol. The second-order valence-electron chi connectivity index (χ2n) is 10.0. The van der Waals surface area contributed by atoms with Crippen molar-refractivity contribution in [1.29, 1.82) is 0 Å². The van der Waals surface area contributed by atoms with E-state index < -0.39 is 23.4 Å². The second-order valence-corrected chi connectivity index (χ2v) is 10.0. The number of carbonyl (C=O) groups is 3. The van der Waals surface area contributed by atoms with Crippen LogP contribution in [0.3, 0.4) is 0 Å². The molecule has 1 aliphatic rings. The normalized spacial score (nSPS) is 14.0. The number of benzene rings is 3. The first-order chi connectivity index (χ1) is 18.1. The number of likely N-dealkylation sites (N-methyl/N-ethyl adjacent to an activating group) is 1. The summed E-state index contributed by atoms with van der Waals surface area (Å²) in [5, 5.41) is 31.6. The van der Waals surface area contributed by atoms with Crippen LogP contribution in [0.15, 0.2) is 66.7 Å². The molecule has 1 unspecified atom stereocenters. The van der Waals surface area contributed by atoms with Gasteiger partial charge in [-0.1, -0.05) is 42.5 Å². The van der Waals surface area contributed by atoms with E-state index in [0.29, 0.717) is 12.1 Å². The first-order valence-electron chi connectivity index (χ1n) is 12.5. The summed E-state index contributed by atoms with van der Waals surface area (Å²) in [6.07, 6.45) is 0.714. The summed E-state index contributed by atoms with van der Waals surface area (Å²) in [6, 6.07) is 19.6. The van der Waals surface area contributed by atoms with Crippen molar-refractivity contribution in [2.75, 3.05) is 19.4 Å². The number of amides is 1. The maximum atomic E-state index is 13.4. The molecule has 0 fully saturated rings. The Balaban J connectivity index is 1.69. The minimum absolute atomic E-state index is 0.112. The number of carboxylic acids is 2. The van der Waals surface area contributed by atoms with Crippen LogP contribution in [0.5, 0.6) is 5.75 Å². The minimum atomic E-state index is -0.946. The summed E-state index contributed by atoms with van der Waals surface area (Å²) in [5.74, 6) is -1.94. The molecule has 1 amide bonds. The van der Waals surface area contributed by atoms with Crippen molar-refractivity contribution in [2.45, 2.75) is 43.6 Å². The molecule has 38 heavy (non-hydrogen) atoms. The molecule has 0 aliphatic heterocycles. The lowest BCUT2D eigenvalue weighted by Gasteiger charge is -2.32. The Kier molecular flexibility index (Phi) is 7.83. The highest BCUT2D eigenvalue weighted by molar-refractivity contribution is 5.96. The highest BCUT2D eigenvalue weighted by Crippen LogP contribution is 2.54. The Bertz CT molecular complexity index is 1330. The van der Waals surface area contributed by atoms with Gasteiger partial charge in [0.25, 0.3) is 0 Å². The van der Waals surface area contributed by atoms with E-state index in [1.165, 1.54) is 0 Å². The van der Waals surface area contributed by atoms with Crippen LogP contribution in [-0.4, -0.2) is 58.2 Å². The van der Waals surface area contributed by atoms with Crippen LogP contribution in [0.25, 0.3) is 11.1 Å². The van der Waals surface area contributed by atoms with Crippen LogP contribution in [0, 0.1) is 0 Å². The quantitative estimate of drug-likeness (QED) is 0.296. The molecule has 0 saturated carbocycles. The lowest BCUT2D eigenvalue weighted by Crippen LogP contribution is -2.41.